The summed E-state index contributed by atoms with van der Waals surface area (Å²) in [6.07, 6.45) is 3.04. The van der Waals surface area contributed by atoms with Gasteiger partial charge in [0, 0.05) is 24.2 Å². The lowest BCUT2D eigenvalue weighted by Gasteiger charge is -2.24. The highest BCUT2D eigenvalue weighted by molar-refractivity contribution is 9.10. The van der Waals surface area contributed by atoms with Gasteiger partial charge in [-0.05, 0) is 47.3 Å². The first-order chi connectivity index (χ1) is 9.69. The van der Waals surface area contributed by atoms with Gasteiger partial charge in [0.2, 0.25) is 0 Å². The number of aryl methyl sites for hydroxylation is 1. The van der Waals surface area contributed by atoms with Crippen molar-refractivity contribution in [2.24, 2.45) is 0 Å². The molecule has 0 saturated carbocycles. The summed E-state index contributed by atoms with van der Waals surface area (Å²) in [6.45, 7) is 4.40. The van der Waals surface area contributed by atoms with Crippen LogP contribution in [-0.2, 0) is 12.8 Å². The summed E-state index contributed by atoms with van der Waals surface area (Å²) in [6, 6.07) is 11.0. The molecule has 1 aromatic carbocycles. The van der Waals surface area contributed by atoms with Crippen LogP contribution in [0.5, 0.6) is 0 Å². The average Bonchev–Trinajstić information content (AvgIpc) is 2.74. The number of rotatable bonds is 3. The molecule has 4 heteroatoms. The number of aromatic nitrogens is 2. The monoisotopic (exact) mass is 331 g/mol. The van der Waals surface area contributed by atoms with Crippen molar-refractivity contribution < 1.29 is 0 Å². The molecule has 0 fully saturated rings. The first kappa shape index (κ1) is 13.6. The Labute approximate surface area is 128 Å². The molecule has 104 valence electrons. The van der Waals surface area contributed by atoms with Crippen LogP contribution in [0.2, 0.25) is 0 Å². The van der Waals surface area contributed by atoms with E-state index in [2.05, 4.69) is 63.9 Å². The Morgan fingerprint density at radius 1 is 1.30 bits per heavy atom. The summed E-state index contributed by atoms with van der Waals surface area (Å²) in [5.74, 6) is 1.90. The molecule has 20 heavy (non-hydrogen) atoms. The van der Waals surface area contributed by atoms with E-state index in [0.29, 0.717) is 6.04 Å². The predicted octanol–water partition coefficient (Wildman–Crippen LogP) is 4.27. The third-order valence-corrected chi connectivity index (χ3v) is 4.06. The molecule has 0 spiro atoms. The maximum Gasteiger partial charge on any atom is 0.138 e. The van der Waals surface area contributed by atoms with E-state index in [4.69, 9.17) is 4.98 Å². The second kappa shape index (κ2) is 5.52. The summed E-state index contributed by atoms with van der Waals surface area (Å²) in [7, 11) is 0. The minimum atomic E-state index is 0.434. The molecular weight excluding hydrogens is 314 g/mol. The lowest BCUT2D eigenvalue weighted by atomic mass is 10.1. The molecule has 1 aliphatic heterocycles. The van der Waals surface area contributed by atoms with Crippen LogP contribution in [0, 0.1) is 0 Å². The zero-order valence-corrected chi connectivity index (χ0v) is 13.4. The highest BCUT2D eigenvalue weighted by atomic mass is 79.9. The fraction of sp³-hybridized carbons (Fsp3) is 0.375. The number of anilines is 2. The first-order valence-corrected chi connectivity index (χ1v) is 7.89. The van der Waals surface area contributed by atoms with Gasteiger partial charge in [-0.25, -0.2) is 9.97 Å². The fourth-order valence-corrected chi connectivity index (χ4v) is 3.23. The molecule has 2 heterocycles. The molecule has 1 aliphatic rings. The summed E-state index contributed by atoms with van der Waals surface area (Å²) in [4.78, 5) is 11.5. The summed E-state index contributed by atoms with van der Waals surface area (Å²) in [5.41, 5.74) is 2.67. The molecule has 2 aromatic rings. The van der Waals surface area contributed by atoms with Gasteiger partial charge in [0.25, 0.3) is 0 Å². The standard InChI is InChI=1S/C16H18BrN3/c1-3-6-15-18-14(17)10-16(19-15)20-11(2)9-12-7-4-5-8-13(12)20/h4-5,7-8,10-11H,3,6,9H2,1-2H3. The molecule has 1 unspecified atom stereocenters. The highest BCUT2D eigenvalue weighted by Gasteiger charge is 2.28. The van der Waals surface area contributed by atoms with Crippen molar-refractivity contribution in [3.63, 3.8) is 0 Å². The second-order valence-corrected chi connectivity index (χ2v) is 6.08. The Hall–Kier alpha value is -1.42. The van der Waals surface area contributed by atoms with Crippen molar-refractivity contribution in [2.75, 3.05) is 4.90 Å². The van der Waals surface area contributed by atoms with Crippen molar-refractivity contribution >= 4 is 27.4 Å². The van der Waals surface area contributed by atoms with Gasteiger partial charge in [-0.15, -0.1) is 0 Å². The van der Waals surface area contributed by atoms with Gasteiger partial charge < -0.3 is 4.90 Å². The lowest BCUT2D eigenvalue weighted by Crippen LogP contribution is -2.25. The predicted molar refractivity (Wildman–Crippen MR) is 85.5 cm³/mol. The normalized spacial score (nSPS) is 17.4. The molecule has 1 atom stereocenters. The van der Waals surface area contributed by atoms with Crippen LogP contribution in [0.25, 0.3) is 0 Å². The molecule has 0 saturated heterocycles. The Morgan fingerprint density at radius 2 is 2.10 bits per heavy atom. The minimum absolute atomic E-state index is 0.434. The highest BCUT2D eigenvalue weighted by Crippen LogP contribution is 2.37. The van der Waals surface area contributed by atoms with Gasteiger partial charge in [-0.2, -0.15) is 0 Å². The lowest BCUT2D eigenvalue weighted by molar-refractivity contribution is 0.739. The van der Waals surface area contributed by atoms with Gasteiger partial charge in [-0.1, -0.05) is 25.1 Å². The third kappa shape index (κ3) is 2.44. The van der Waals surface area contributed by atoms with Crippen molar-refractivity contribution in [3.05, 3.63) is 46.3 Å². The quantitative estimate of drug-likeness (QED) is 0.786. The summed E-state index contributed by atoms with van der Waals surface area (Å²) < 4.78 is 0.863. The van der Waals surface area contributed by atoms with E-state index in [9.17, 15) is 0 Å². The van der Waals surface area contributed by atoms with Gasteiger partial charge in [-0.3, -0.25) is 0 Å². The summed E-state index contributed by atoms with van der Waals surface area (Å²) in [5, 5.41) is 0. The van der Waals surface area contributed by atoms with Gasteiger partial charge in [0.05, 0.1) is 0 Å². The molecule has 3 rings (SSSR count). The average molecular weight is 332 g/mol. The first-order valence-electron chi connectivity index (χ1n) is 7.09. The number of benzene rings is 1. The maximum absolute atomic E-state index is 4.74. The van der Waals surface area contributed by atoms with Crippen LogP contribution in [0.3, 0.4) is 0 Å². The molecule has 0 amide bonds. The number of halogens is 1. The third-order valence-electron chi connectivity index (χ3n) is 3.66. The van der Waals surface area contributed by atoms with Crippen molar-refractivity contribution in [3.8, 4) is 0 Å². The van der Waals surface area contributed by atoms with Crippen molar-refractivity contribution in [1.29, 1.82) is 0 Å². The van der Waals surface area contributed by atoms with E-state index in [1.165, 1.54) is 11.3 Å². The molecule has 0 bridgehead atoms. The zero-order valence-electron chi connectivity index (χ0n) is 11.8. The molecule has 1 aromatic heterocycles. The number of nitrogens with zero attached hydrogens (tertiary/aromatic N) is 3. The number of para-hydroxylation sites is 1. The van der Waals surface area contributed by atoms with E-state index >= 15 is 0 Å². The Balaban J connectivity index is 2.04. The number of hydrogen-bond donors (Lipinski definition) is 0. The topological polar surface area (TPSA) is 29.0 Å². The van der Waals surface area contributed by atoms with Gasteiger partial charge >= 0.3 is 0 Å². The smallest absolute Gasteiger partial charge is 0.138 e. The minimum Gasteiger partial charge on any atom is -0.323 e. The Morgan fingerprint density at radius 3 is 2.90 bits per heavy atom. The van der Waals surface area contributed by atoms with Crippen molar-refractivity contribution in [2.45, 2.75) is 39.2 Å². The van der Waals surface area contributed by atoms with Crippen LogP contribution in [0.15, 0.2) is 34.9 Å². The van der Waals surface area contributed by atoms with Gasteiger partial charge in [0.1, 0.15) is 16.2 Å². The van der Waals surface area contributed by atoms with Crippen LogP contribution in [0.4, 0.5) is 11.5 Å². The second-order valence-electron chi connectivity index (χ2n) is 5.27. The van der Waals surface area contributed by atoms with E-state index in [-0.39, 0.29) is 0 Å². The van der Waals surface area contributed by atoms with Crippen LogP contribution >= 0.6 is 15.9 Å². The zero-order chi connectivity index (χ0) is 14.1. The molecule has 0 N–H and O–H groups in total. The van der Waals surface area contributed by atoms with Crippen LogP contribution in [-0.4, -0.2) is 16.0 Å². The maximum atomic E-state index is 4.74. The van der Waals surface area contributed by atoms with Crippen molar-refractivity contribution in [1.82, 2.24) is 9.97 Å². The van der Waals surface area contributed by atoms with E-state index in [0.717, 1.165) is 35.5 Å². The number of hydrogen-bond acceptors (Lipinski definition) is 3. The molecule has 0 radical (unpaired) electrons. The Kier molecular flexibility index (Phi) is 3.74. The molecule has 0 aliphatic carbocycles. The summed E-state index contributed by atoms with van der Waals surface area (Å²) >= 11 is 3.51. The van der Waals surface area contributed by atoms with E-state index in [1.807, 2.05) is 6.07 Å². The Bertz CT molecular complexity index is 627. The SMILES string of the molecule is CCCc1nc(Br)cc(N2c3ccccc3CC2C)n1. The fourth-order valence-electron chi connectivity index (χ4n) is 2.83. The van der Waals surface area contributed by atoms with E-state index in [1.54, 1.807) is 0 Å². The van der Waals surface area contributed by atoms with Crippen LogP contribution in [0.1, 0.15) is 31.7 Å². The largest absolute Gasteiger partial charge is 0.323 e. The van der Waals surface area contributed by atoms with Crippen LogP contribution < -0.4 is 4.90 Å². The van der Waals surface area contributed by atoms with Gasteiger partial charge in [0.15, 0.2) is 0 Å². The molecular formula is C16H18BrN3. The number of fused-ring (bicyclic) bond motifs is 1. The van der Waals surface area contributed by atoms with E-state index < -0.39 is 0 Å². The molecule has 3 nitrogen and oxygen atoms in total.